The maximum atomic E-state index is 13.0. The summed E-state index contributed by atoms with van der Waals surface area (Å²) in [6.45, 7) is 3.43. The van der Waals surface area contributed by atoms with E-state index in [2.05, 4.69) is 30.2 Å². The molecule has 4 aromatic rings. The molecule has 0 amide bonds. The Labute approximate surface area is 192 Å². The van der Waals surface area contributed by atoms with Gasteiger partial charge in [0.15, 0.2) is 0 Å². The molecule has 0 N–H and O–H groups in total. The second-order valence-corrected chi connectivity index (χ2v) is 8.19. The molecule has 3 aromatic heterocycles. The Morgan fingerprint density at radius 1 is 0.971 bits per heavy atom. The molecular weight excluding hydrogens is 449 g/mol. The highest BCUT2D eigenvalue weighted by atomic mass is 19.4. The summed E-state index contributed by atoms with van der Waals surface area (Å²) in [6, 6.07) is 10.2. The monoisotopic (exact) mass is 470 g/mol. The third kappa shape index (κ3) is 4.56. The fourth-order valence-electron chi connectivity index (χ4n) is 4.05. The molecule has 4 heterocycles. The fourth-order valence-corrected chi connectivity index (χ4v) is 4.05. The van der Waals surface area contributed by atoms with Crippen LogP contribution in [-0.2, 0) is 6.18 Å². The number of alkyl halides is 3. The maximum Gasteiger partial charge on any atom is 0.416 e. The van der Waals surface area contributed by atoms with Gasteiger partial charge in [-0.2, -0.15) is 23.1 Å². The summed E-state index contributed by atoms with van der Waals surface area (Å²) in [5.74, 6) is 1.70. The summed E-state index contributed by atoms with van der Waals surface area (Å²) in [7, 11) is 0. The van der Waals surface area contributed by atoms with Crippen molar-refractivity contribution in [2.24, 2.45) is 0 Å². The van der Waals surface area contributed by atoms with Gasteiger partial charge in [0, 0.05) is 17.7 Å². The molecule has 5 rings (SSSR count). The van der Waals surface area contributed by atoms with Crippen LogP contribution in [0.1, 0.15) is 49.1 Å². The number of likely N-dealkylation sites (tertiary alicyclic amines) is 1. The molecule has 1 saturated heterocycles. The lowest BCUT2D eigenvalue weighted by Gasteiger charge is -2.33. The molecule has 11 heteroatoms. The van der Waals surface area contributed by atoms with Crippen molar-refractivity contribution in [1.82, 2.24) is 30.2 Å². The Kier molecular flexibility index (Phi) is 5.86. The first kappa shape index (κ1) is 22.2. The Morgan fingerprint density at radius 2 is 1.76 bits per heavy atom. The van der Waals surface area contributed by atoms with Gasteiger partial charge in [-0.05, 0) is 57.1 Å². The summed E-state index contributed by atoms with van der Waals surface area (Å²) < 4.78 is 49.9. The van der Waals surface area contributed by atoms with Gasteiger partial charge in [0.2, 0.25) is 23.4 Å². The molecule has 0 aliphatic carbocycles. The molecule has 1 atom stereocenters. The highest BCUT2D eigenvalue weighted by Gasteiger charge is 2.32. The van der Waals surface area contributed by atoms with E-state index in [9.17, 15) is 13.2 Å². The number of benzene rings is 1. The third-order valence-corrected chi connectivity index (χ3v) is 6.01. The van der Waals surface area contributed by atoms with Crippen molar-refractivity contribution >= 4 is 0 Å². The number of aromatic nitrogens is 5. The van der Waals surface area contributed by atoms with Gasteiger partial charge in [-0.25, -0.2) is 0 Å². The van der Waals surface area contributed by atoms with Gasteiger partial charge in [0.05, 0.1) is 11.6 Å². The van der Waals surface area contributed by atoms with Crippen LogP contribution in [0.15, 0.2) is 57.7 Å². The Bertz CT molecular complexity index is 1250. The summed E-state index contributed by atoms with van der Waals surface area (Å²) in [6.07, 6.45) is -1.14. The van der Waals surface area contributed by atoms with Gasteiger partial charge in [-0.3, -0.25) is 9.88 Å². The zero-order valence-electron chi connectivity index (χ0n) is 18.2. The van der Waals surface area contributed by atoms with Gasteiger partial charge >= 0.3 is 6.18 Å². The molecule has 176 valence electrons. The van der Waals surface area contributed by atoms with Crippen molar-refractivity contribution in [1.29, 1.82) is 0 Å². The molecule has 0 unspecified atom stereocenters. The van der Waals surface area contributed by atoms with E-state index in [1.165, 1.54) is 12.1 Å². The van der Waals surface area contributed by atoms with Crippen LogP contribution in [0.3, 0.4) is 0 Å². The number of pyridine rings is 1. The van der Waals surface area contributed by atoms with E-state index >= 15 is 0 Å². The lowest BCUT2D eigenvalue weighted by atomic mass is 9.96. The van der Waals surface area contributed by atoms with Crippen LogP contribution in [0.2, 0.25) is 0 Å². The van der Waals surface area contributed by atoms with Crippen LogP contribution >= 0.6 is 0 Å². The Hall–Kier alpha value is -3.60. The third-order valence-electron chi connectivity index (χ3n) is 6.01. The number of hydrogen-bond acceptors (Lipinski definition) is 8. The highest BCUT2D eigenvalue weighted by Crippen LogP contribution is 2.34. The molecule has 1 aliphatic rings. The largest absolute Gasteiger partial charge is 0.416 e. The molecular formula is C23H21F3N6O2. The Balaban J connectivity index is 1.23. The summed E-state index contributed by atoms with van der Waals surface area (Å²) in [4.78, 5) is 15.3. The quantitative estimate of drug-likeness (QED) is 0.396. The van der Waals surface area contributed by atoms with Crippen molar-refractivity contribution < 1.29 is 22.2 Å². The van der Waals surface area contributed by atoms with E-state index in [1.807, 2.05) is 25.1 Å². The van der Waals surface area contributed by atoms with Crippen molar-refractivity contribution in [2.75, 3.05) is 13.1 Å². The second-order valence-electron chi connectivity index (χ2n) is 8.19. The lowest BCUT2D eigenvalue weighted by molar-refractivity contribution is -0.137. The van der Waals surface area contributed by atoms with Crippen LogP contribution in [0.25, 0.3) is 22.9 Å². The smallest absolute Gasteiger partial charge is 0.339 e. The molecule has 0 saturated carbocycles. The summed E-state index contributed by atoms with van der Waals surface area (Å²) in [5, 5.41) is 7.95. The zero-order chi connectivity index (χ0) is 23.7. The minimum atomic E-state index is -4.43. The van der Waals surface area contributed by atoms with Gasteiger partial charge in [-0.1, -0.05) is 28.5 Å². The maximum absolute atomic E-state index is 13.0. The van der Waals surface area contributed by atoms with E-state index in [0.717, 1.165) is 38.1 Å². The minimum absolute atomic E-state index is 0.135. The van der Waals surface area contributed by atoms with E-state index in [0.29, 0.717) is 23.3 Å². The molecule has 0 spiro atoms. The van der Waals surface area contributed by atoms with Gasteiger partial charge < -0.3 is 9.05 Å². The Morgan fingerprint density at radius 3 is 2.50 bits per heavy atom. The average molecular weight is 470 g/mol. The topological polar surface area (TPSA) is 94.0 Å². The van der Waals surface area contributed by atoms with Crippen molar-refractivity contribution in [3.63, 3.8) is 0 Å². The van der Waals surface area contributed by atoms with Crippen molar-refractivity contribution in [3.05, 3.63) is 66.0 Å². The van der Waals surface area contributed by atoms with E-state index in [1.54, 1.807) is 6.20 Å². The van der Waals surface area contributed by atoms with Gasteiger partial charge in [-0.15, -0.1) is 0 Å². The first-order chi connectivity index (χ1) is 16.4. The zero-order valence-corrected chi connectivity index (χ0v) is 18.2. The van der Waals surface area contributed by atoms with Crippen LogP contribution in [0.4, 0.5) is 13.2 Å². The summed E-state index contributed by atoms with van der Waals surface area (Å²) >= 11 is 0. The van der Waals surface area contributed by atoms with E-state index < -0.39 is 11.7 Å². The average Bonchev–Trinajstić information content (AvgIpc) is 3.55. The number of hydrogen-bond donors (Lipinski definition) is 0. The van der Waals surface area contributed by atoms with Gasteiger partial charge in [0.1, 0.15) is 5.69 Å². The predicted molar refractivity (Wildman–Crippen MR) is 114 cm³/mol. The molecule has 0 bridgehead atoms. The van der Waals surface area contributed by atoms with Crippen molar-refractivity contribution in [3.8, 4) is 22.9 Å². The van der Waals surface area contributed by atoms with Crippen LogP contribution < -0.4 is 0 Å². The molecule has 1 aromatic carbocycles. The van der Waals surface area contributed by atoms with Crippen LogP contribution in [-0.4, -0.2) is 43.3 Å². The molecule has 1 aliphatic heterocycles. The number of rotatable bonds is 5. The SMILES string of the molecule is C[C@H](c1nc(-c2cccc(C(F)(F)F)c2)no1)N1CCC(c2nc(-c3ccccn3)no2)CC1. The standard InChI is InChI=1S/C23H21F3N6O2/c1-14(21-28-19(30-33-21)16-5-4-6-17(13-16)23(24,25)26)32-11-8-15(9-12-32)22-29-20(31-34-22)18-7-2-3-10-27-18/h2-7,10,13-15H,8-9,11-12H2,1H3/t14-/m1/s1. The number of halogens is 3. The summed E-state index contributed by atoms with van der Waals surface area (Å²) in [5.41, 5.74) is 0.172. The first-order valence-electron chi connectivity index (χ1n) is 10.9. The van der Waals surface area contributed by atoms with Crippen LogP contribution in [0, 0.1) is 0 Å². The van der Waals surface area contributed by atoms with E-state index in [4.69, 9.17) is 9.05 Å². The highest BCUT2D eigenvalue weighted by molar-refractivity contribution is 5.55. The predicted octanol–water partition coefficient (Wildman–Crippen LogP) is 5.14. The second kappa shape index (κ2) is 8.98. The first-order valence-corrected chi connectivity index (χ1v) is 10.9. The normalized spacial score (nSPS) is 16.6. The number of nitrogens with zero attached hydrogens (tertiary/aromatic N) is 6. The van der Waals surface area contributed by atoms with E-state index in [-0.39, 0.29) is 23.3 Å². The number of piperidine rings is 1. The molecule has 8 nitrogen and oxygen atoms in total. The molecule has 34 heavy (non-hydrogen) atoms. The molecule has 0 radical (unpaired) electrons. The van der Waals surface area contributed by atoms with Gasteiger partial charge in [0.25, 0.3) is 0 Å². The van der Waals surface area contributed by atoms with Crippen molar-refractivity contribution in [2.45, 2.75) is 37.9 Å². The fraction of sp³-hybridized carbons (Fsp3) is 0.348. The minimum Gasteiger partial charge on any atom is -0.339 e. The van der Waals surface area contributed by atoms with Crippen LogP contribution in [0.5, 0.6) is 0 Å². The lowest BCUT2D eigenvalue weighted by Crippen LogP contribution is -2.35. The molecule has 1 fully saturated rings.